The van der Waals surface area contributed by atoms with E-state index in [2.05, 4.69) is 30.4 Å². The Hall–Kier alpha value is -2.20. The van der Waals surface area contributed by atoms with E-state index >= 15 is 0 Å². The minimum atomic E-state index is -3.97. The van der Waals surface area contributed by atoms with Gasteiger partial charge in [0.25, 0.3) is 0 Å². The zero-order valence-electron chi connectivity index (χ0n) is 11.2. The van der Waals surface area contributed by atoms with E-state index in [0.717, 1.165) is 0 Å². The second kappa shape index (κ2) is 5.42. The van der Waals surface area contributed by atoms with Gasteiger partial charge in [0.1, 0.15) is 5.69 Å². The quantitative estimate of drug-likeness (QED) is 0.758. The van der Waals surface area contributed by atoms with Crippen molar-refractivity contribution in [2.24, 2.45) is 0 Å². The van der Waals surface area contributed by atoms with Crippen molar-refractivity contribution in [1.82, 2.24) is 4.98 Å². The van der Waals surface area contributed by atoms with Crippen molar-refractivity contribution >= 4 is 39.2 Å². The second-order valence-corrected chi connectivity index (χ2v) is 5.81. The van der Waals surface area contributed by atoms with Crippen molar-refractivity contribution in [3.8, 4) is 22.8 Å². The summed E-state index contributed by atoms with van der Waals surface area (Å²) < 4.78 is 49.9. The molecule has 0 saturated carbocycles. The number of aromatic carboxylic acids is 1. The van der Waals surface area contributed by atoms with Gasteiger partial charge in [-0.05, 0) is 28.1 Å². The summed E-state index contributed by atoms with van der Waals surface area (Å²) in [6.45, 7) is 0. The molecule has 126 valence electrons. The molecular formula is C13H5BrClF3N2O4. The number of aromatic nitrogens is 1. The number of halogens is 5. The number of benzene rings is 1. The van der Waals surface area contributed by atoms with E-state index in [0.29, 0.717) is 0 Å². The Morgan fingerprint density at radius 3 is 2.58 bits per heavy atom. The molecule has 2 heterocycles. The molecule has 11 heteroatoms. The predicted molar refractivity (Wildman–Crippen MR) is 79.9 cm³/mol. The summed E-state index contributed by atoms with van der Waals surface area (Å²) in [4.78, 5) is 14.7. The third kappa shape index (κ3) is 2.51. The molecule has 1 aliphatic heterocycles. The first-order chi connectivity index (χ1) is 11.1. The number of nitrogens with two attached hydrogens (primary N) is 1. The summed E-state index contributed by atoms with van der Waals surface area (Å²) in [6.07, 6.45) is -3.97. The highest BCUT2D eigenvalue weighted by Crippen LogP contribution is 2.51. The van der Waals surface area contributed by atoms with Crippen molar-refractivity contribution in [1.29, 1.82) is 0 Å². The van der Waals surface area contributed by atoms with E-state index in [-0.39, 0.29) is 15.8 Å². The number of hydrogen-bond acceptors (Lipinski definition) is 5. The highest BCUT2D eigenvalue weighted by molar-refractivity contribution is 9.10. The molecule has 1 aromatic carbocycles. The molecule has 0 unspecified atom stereocenters. The largest absolute Gasteiger partial charge is 0.586 e. The average molecular weight is 426 g/mol. The Morgan fingerprint density at radius 2 is 1.96 bits per heavy atom. The van der Waals surface area contributed by atoms with Gasteiger partial charge in [0.15, 0.2) is 23.0 Å². The van der Waals surface area contributed by atoms with Gasteiger partial charge in [-0.25, -0.2) is 14.2 Å². The fraction of sp³-hybridized carbons (Fsp3) is 0.0769. The van der Waals surface area contributed by atoms with Crippen LogP contribution in [0.2, 0.25) is 5.02 Å². The number of nitrogen functional groups attached to an aromatic ring is 1. The monoisotopic (exact) mass is 424 g/mol. The van der Waals surface area contributed by atoms with Crippen LogP contribution in [-0.4, -0.2) is 22.4 Å². The SMILES string of the molecule is Nc1c(F)c(-c2ccc(Br)c3c2OC(F)(F)O3)nc(C(=O)O)c1Cl. The highest BCUT2D eigenvalue weighted by atomic mass is 79.9. The number of anilines is 1. The molecule has 0 amide bonds. The number of hydrogen-bond donors (Lipinski definition) is 2. The first-order valence-corrected chi connectivity index (χ1v) is 7.26. The van der Waals surface area contributed by atoms with Crippen molar-refractivity contribution in [3.63, 3.8) is 0 Å². The van der Waals surface area contributed by atoms with Crippen LogP contribution in [0, 0.1) is 5.82 Å². The van der Waals surface area contributed by atoms with Gasteiger partial charge in [-0.1, -0.05) is 11.6 Å². The van der Waals surface area contributed by atoms with Crippen LogP contribution in [0.1, 0.15) is 10.5 Å². The molecule has 0 radical (unpaired) electrons. The number of carboxylic acids is 1. The third-order valence-corrected chi connectivity index (χ3v) is 4.08. The average Bonchev–Trinajstić information content (AvgIpc) is 2.82. The minimum absolute atomic E-state index is 0.124. The van der Waals surface area contributed by atoms with E-state index < -0.39 is 45.9 Å². The zero-order chi connectivity index (χ0) is 17.8. The van der Waals surface area contributed by atoms with E-state index in [1.165, 1.54) is 12.1 Å². The maximum Gasteiger partial charge on any atom is 0.586 e. The molecule has 0 bridgehead atoms. The molecular weight excluding hydrogens is 421 g/mol. The van der Waals surface area contributed by atoms with Gasteiger partial charge in [0.05, 0.1) is 15.2 Å². The lowest BCUT2D eigenvalue weighted by Crippen LogP contribution is -2.26. The molecule has 3 N–H and O–H groups in total. The molecule has 2 aromatic rings. The number of fused-ring (bicyclic) bond motifs is 1. The van der Waals surface area contributed by atoms with Crippen LogP contribution in [-0.2, 0) is 0 Å². The number of carboxylic acid groups (broad SMARTS) is 1. The lowest BCUT2D eigenvalue weighted by Gasteiger charge is -2.11. The zero-order valence-corrected chi connectivity index (χ0v) is 13.6. The van der Waals surface area contributed by atoms with E-state index in [4.69, 9.17) is 22.4 Å². The van der Waals surface area contributed by atoms with Crippen LogP contribution in [0.15, 0.2) is 16.6 Å². The van der Waals surface area contributed by atoms with Crippen LogP contribution in [0.25, 0.3) is 11.3 Å². The summed E-state index contributed by atoms with van der Waals surface area (Å²) in [7, 11) is 0. The minimum Gasteiger partial charge on any atom is -0.476 e. The number of ether oxygens (including phenoxy) is 2. The molecule has 0 aliphatic carbocycles. The molecule has 1 aliphatic rings. The molecule has 3 rings (SSSR count). The third-order valence-electron chi connectivity index (χ3n) is 3.08. The number of alkyl halides is 2. The number of nitrogens with zero attached hydrogens (tertiary/aromatic N) is 1. The topological polar surface area (TPSA) is 94.7 Å². The van der Waals surface area contributed by atoms with Crippen molar-refractivity contribution < 1.29 is 32.5 Å². The molecule has 24 heavy (non-hydrogen) atoms. The van der Waals surface area contributed by atoms with E-state index in [1.54, 1.807) is 0 Å². The van der Waals surface area contributed by atoms with Gasteiger partial charge in [-0.2, -0.15) is 0 Å². The van der Waals surface area contributed by atoms with Gasteiger partial charge in [0.2, 0.25) is 0 Å². The lowest BCUT2D eigenvalue weighted by atomic mass is 10.1. The van der Waals surface area contributed by atoms with E-state index in [1.807, 2.05) is 0 Å². The summed E-state index contributed by atoms with van der Waals surface area (Å²) in [6, 6.07) is 2.48. The van der Waals surface area contributed by atoms with Crippen LogP contribution in [0.5, 0.6) is 11.5 Å². The molecule has 0 fully saturated rings. The Morgan fingerprint density at radius 1 is 1.33 bits per heavy atom. The fourth-order valence-corrected chi connectivity index (χ4v) is 2.66. The summed E-state index contributed by atoms with van der Waals surface area (Å²) in [5.41, 5.74) is 3.16. The smallest absolute Gasteiger partial charge is 0.476 e. The summed E-state index contributed by atoms with van der Waals surface area (Å²) in [5, 5.41) is 8.47. The summed E-state index contributed by atoms with van der Waals surface area (Å²) in [5.74, 6) is -3.64. The van der Waals surface area contributed by atoms with Gasteiger partial charge in [-0.3, -0.25) is 0 Å². The number of carbonyl (C=O) groups is 1. The van der Waals surface area contributed by atoms with Crippen molar-refractivity contribution in [2.45, 2.75) is 6.29 Å². The molecule has 0 atom stereocenters. The molecule has 6 nitrogen and oxygen atoms in total. The van der Waals surface area contributed by atoms with Crippen LogP contribution < -0.4 is 15.2 Å². The lowest BCUT2D eigenvalue weighted by molar-refractivity contribution is -0.286. The van der Waals surface area contributed by atoms with Crippen LogP contribution in [0.4, 0.5) is 18.9 Å². The normalized spacial score (nSPS) is 14.7. The first kappa shape index (κ1) is 16.7. The Kier molecular flexibility index (Phi) is 3.76. The van der Waals surface area contributed by atoms with Gasteiger partial charge in [0, 0.05) is 5.56 Å². The predicted octanol–water partition coefficient (Wildman–Crippen LogP) is 3.91. The molecule has 1 aromatic heterocycles. The number of pyridine rings is 1. The number of rotatable bonds is 2. The van der Waals surface area contributed by atoms with Crippen molar-refractivity contribution in [3.05, 3.63) is 33.1 Å². The standard InChI is InChI=1S/C13H5BrClF3N2O4/c14-4-2-1-3(10-11(4)24-13(17,18)23-10)8-6(16)7(19)5(15)9(20-8)12(21)22/h1-2H,(H2,19,20)(H,21,22). The fourth-order valence-electron chi connectivity index (χ4n) is 2.06. The Labute approximate surface area is 145 Å². The van der Waals surface area contributed by atoms with Gasteiger partial charge >= 0.3 is 12.3 Å². The molecule has 0 spiro atoms. The second-order valence-electron chi connectivity index (χ2n) is 4.58. The Balaban J connectivity index is 2.30. The molecule has 0 saturated heterocycles. The summed E-state index contributed by atoms with van der Waals surface area (Å²) >= 11 is 8.64. The van der Waals surface area contributed by atoms with Crippen molar-refractivity contribution in [2.75, 3.05) is 5.73 Å². The van der Waals surface area contributed by atoms with Gasteiger partial charge in [-0.15, -0.1) is 8.78 Å². The Bertz CT molecular complexity index is 894. The van der Waals surface area contributed by atoms with Crippen LogP contribution in [0.3, 0.4) is 0 Å². The van der Waals surface area contributed by atoms with Gasteiger partial charge < -0.3 is 20.3 Å². The first-order valence-electron chi connectivity index (χ1n) is 6.09. The van der Waals surface area contributed by atoms with E-state index in [9.17, 15) is 18.0 Å². The maximum atomic E-state index is 14.4. The maximum absolute atomic E-state index is 14.4. The highest BCUT2D eigenvalue weighted by Gasteiger charge is 2.46. The van der Waals surface area contributed by atoms with Crippen LogP contribution >= 0.6 is 27.5 Å².